The van der Waals surface area contributed by atoms with Crippen molar-refractivity contribution in [3.8, 4) is 0 Å². The molecule has 6 nitrogen and oxygen atoms in total. The molecule has 0 radical (unpaired) electrons. The Labute approximate surface area is 193 Å². The van der Waals surface area contributed by atoms with Crippen LogP contribution in [-0.2, 0) is 16.4 Å². The molecule has 0 saturated carbocycles. The Morgan fingerprint density at radius 1 is 1.23 bits per heavy atom. The van der Waals surface area contributed by atoms with E-state index in [4.69, 9.17) is 0 Å². The number of aryl methyl sites for hydroxylation is 2. The van der Waals surface area contributed by atoms with Gasteiger partial charge in [0.15, 0.2) is 5.96 Å². The Morgan fingerprint density at radius 2 is 1.87 bits per heavy atom. The maximum absolute atomic E-state index is 12.7. The van der Waals surface area contributed by atoms with Crippen molar-refractivity contribution >= 4 is 40.0 Å². The molecule has 172 valence electrons. The van der Waals surface area contributed by atoms with Crippen LogP contribution in [0, 0.1) is 13.8 Å². The van der Waals surface area contributed by atoms with Crippen LogP contribution in [0.1, 0.15) is 36.5 Å². The van der Waals surface area contributed by atoms with Crippen molar-refractivity contribution in [1.29, 1.82) is 0 Å². The maximum atomic E-state index is 12.7. The van der Waals surface area contributed by atoms with Gasteiger partial charge in [0.1, 0.15) is 0 Å². The highest BCUT2D eigenvalue weighted by molar-refractivity contribution is 14.0. The first-order valence-electron chi connectivity index (χ1n) is 9.72. The minimum Gasteiger partial charge on any atom is -0.357 e. The van der Waals surface area contributed by atoms with E-state index in [0.29, 0.717) is 23.4 Å². The average Bonchev–Trinajstić information content (AvgIpc) is 2.63. The lowest BCUT2D eigenvalue weighted by molar-refractivity contribution is -0.0494. The standard InChI is InChI=1S/C19H29F3N4O2S.HI/c1-4-23-18(24-10-7-16-6-5-14(2)13-15(16)3)25-17-8-11-26(12-9-17)29(27,28)19(20,21)22;/h5-6,13,17H,4,7-12H2,1-3H3,(H2,23,24,25);1H. The van der Waals surface area contributed by atoms with Gasteiger partial charge in [0.25, 0.3) is 0 Å². The number of benzene rings is 1. The second-order valence-corrected chi connectivity index (χ2v) is 9.14. The SMILES string of the molecule is CCNC(=NCCc1ccc(C)cc1C)NC1CCN(S(=O)(=O)C(F)(F)F)CC1.I. The summed E-state index contributed by atoms with van der Waals surface area (Å²) in [4.78, 5) is 4.56. The number of rotatable bonds is 6. The number of aliphatic imine (C=N–C) groups is 1. The van der Waals surface area contributed by atoms with Crippen LogP contribution in [0.5, 0.6) is 0 Å². The van der Waals surface area contributed by atoms with Crippen molar-refractivity contribution < 1.29 is 21.6 Å². The highest BCUT2D eigenvalue weighted by atomic mass is 127. The van der Waals surface area contributed by atoms with E-state index in [9.17, 15) is 21.6 Å². The largest absolute Gasteiger partial charge is 0.511 e. The molecule has 1 aliphatic rings. The summed E-state index contributed by atoms with van der Waals surface area (Å²) in [5, 5.41) is 6.35. The second-order valence-electron chi connectivity index (χ2n) is 7.21. The lowest BCUT2D eigenvalue weighted by Gasteiger charge is -2.32. The molecule has 2 rings (SSSR count). The number of piperidine rings is 1. The molecule has 30 heavy (non-hydrogen) atoms. The third-order valence-corrected chi connectivity index (χ3v) is 6.55. The predicted octanol–water partition coefficient (Wildman–Crippen LogP) is 3.33. The lowest BCUT2D eigenvalue weighted by Crippen LogP contribution is -2.51. The van der Waals surface area contributed by atoms with Gasteiger partial charge in [-0.15, -0.1) is 24.0 Å². The molecule has 2 N–H and O–H groups in total. The Kier molecular flexibility index (Phi) is 10.3. The average molecular weight is 562 g/mol. The Balaban J connectivity index is 0.00000450. The van der Waals surface area contributed by atoms with Crippen molar-refractivity contribution in [2.24, 2.45) is 4.99 Å². The minimum absolute atomic E-state index is 0. The van der Waals surface area contributed by atoms with Crippen LogP contribution in [0.25, 0.3) is 0 Å². The summed E-state index contributed by atoms with van der Waals surface area (Å²) in [6, 6.07) is 6.16. The number of sulfonamides is 1. The van der Waals surface area contributed by atoms with Gasteiger partial charge < -0.3 is 10.6 Å². The van der Waals surface area contributed by atoms with Crippen LogP contribution in [-0.4, -0.2) is 56.4 Å². The molecule has 0 aromatic heterocycles. The molecular weight excluding hydrogens is 532 g/mol. The van der Waals surface area contributed by atoms with Crippen LogP contribution < -0.4 is 10.6 Å². The molecule has 0 bridgehead atoms. The normalized spacial score (nSPS) is 16.8. The predicted molar refractivity (Wildman–Crippen MR) is 124 cm³/mol. The Morgan fingerprint density at radius 3 is 2.40 bits per heavy atom. The van der Waals surface area contributed by atoms with E-state index in [0.717, 1.165) is 6.42 Å². The molecule has 0 spiro atoms. The van der Waals surface area contributed by atoms with Gasteiger partial charge in [0.05, 0.1) is 0 Å². The van der Waals surface area contributed by atoms with Gasteiger partial charge in [0.2, 0.25) is 0 Å². The Bertz CT molecular complexity index is 824. The van der Waals surface area contributed by atoms with E-state index in [1.165, 1.54) is 16.7 Å². The fraction of sp³-hybridized carbons (Fsp3) is 0.632. The quantitative estimate of drug-likeness (QED) is 0.317. The minimum atomic E-state index is -5.25. The molecule has 1 aromatic rings. The third-order valence-electron chi connectivity index (χ3n) is 4.92. The van der Waals surface area contributed by atoms with E-state index >= 15 is 0 Å². The van der Waals surface area contributed by atoms with E-state index < -0.39 is 15.5 Å². The second kappa shape index (κ2) is 11.5. The van der Waals surface area contributed by atoms with Crippen LogP contribution in [0.3, 0.4) is 0 Å². The number of hydrogen-bond donors (Lipinski definition) is 2. The maximum Gasteiger partial charge on any atom is 0.511 e. The molecule has 1 heterocycles. The summed E-state index contributed by atoms with van der Waals surface area (Å²) in [6.45, 7) is 6.94. The van der Waals surface area contributed by atoms with Gasteiger partial charge in [-0.05, 0) is 51.2 Å². The van der Waals surface area contributed by atoms with Crippen molar-refractivity contribution in [3.05, 3.63) is 34.9 Å². The van der Waals surface area contributed by atoms with Crippen LogP contribution in [0.4, 0.5) is 13.2 Å². The molecule has 0 aliphatic carbocycles. The van der Waals surface area contributed by atoms with Crippen molar-refractivity contribution in [3.63, 3.8) is 0 Å². The van der Waals surface area contributed by atoms with Crippen LogP contribution in [0.15, 0.2) is 23.2 Å². The van der Waals surface area contributed by atoms with E-state index in [1.54, 1.807) is 0 Å². The zero-order valence-electron chi connectivity index (χ0n) is 17.4. The number of alkyl halides is 3. The van der Waals surface area contributed by atoms with Gasteiger partial charge in [0, 0.05) is 32.2 Å². The Hall–Kier alpha value is -1.08. The molecule has 1 aliphatic heterocycles. The molecule has 0 amide bonds. The highest BCUT2D eigenvalue weighted by Gasteiger charge is 2.50. The van der Waals surface area contributed by atoms with Crippen LogP contribution >= 0.6 is 24.0 Å². The summed E-state index contributed by atoms with van der Waals surface area (Å²) >= 11 is 0. The zero-order valence-corrected chi connectivity index (χ0v) is 20.6. The molecule has 0 atom stereocenters. The van der Waals surface area contributed by atoms with Crippen LogP contribution in [0.2, 0.25) is 0 Å². The van der Waals surface area contributed by atoms with Gasteiger partial charge in [-0.25, -0.2) is 8.42 Å². The molecule has 0 unspecified atom stereocenters. The van der Waals surface area contributed by atoms with Gasteiger partial charge >= 0.3 is 15.5 Å². The van der Waals surface area contributed by atoms with Crippen molar-refractivity contribution in [2.45, 2.75) is 51.6 Å². The van der Waals surface area contributed by atoms with E-state index in [2.05, 4.69) is 40.7 Å². The van der Waals surface area contributed by atoms with Crippen molar-refractivity contribution in [2.75, 3.05) is 26.2 Å². The summed E-state index contributed by atoms with van der Waals surface area (Å²) in [5.41, 5.74) is -1.60. The number of nitrogens with one attached hydrogen (secondary N) is 2. The molecule has 1 saturated heterocycles. The first-order chi connectivity index (χ1) is 13.5. The van der Waals surface area contributed by atoms with Crippen molar-refractivity contribution in [1.82, 2.24) is 14.9 Å². The highest BCUT2D eigenvalue weighted by Crippen LogP contribution is 2.28. The lowest BCUT2D eigenvalue weighted by atomic mass is 10.0. The fourth-order valence-corrected chi connectivity index (χ4v) is 4.30. The number of nitrogens with zero attached hydrogens (tertiary/aromatic N) is 2. The number of halogens is 4. The van der Waals surface area contributed by atoms with Gasteiger partial charge in [-0.3, -0.25) is 4.99 Å². The number of guanidine groups is 1. The number of hydrogen-bond acceptors (Lipinski definition) is 3. The summed E-state index contributed by atoms with van der Waals surface area (Å²) in [6.07, 6.45) is 1.36. The summed E-state index contributed by atoms with van der Waals surface area (Å²) in [7, 11) is -5.25. The smallest absolute Gasteiger partial charge is 0.357 e. The first-order valence-corrected chi connectivity index (χ1v) is 11.2. The monoisotopic (exact) mass is 562 g/mol. The zero-order chi connectivity index (χ0) is 21.7. The van der Waals surface area contributed by atoms with E-state index in [-0.39, 0.29) is 55.9 Å². The van der Waals surface area contributed by atoms with Gasteiger partial charge in [-0.1, -0.05) is 23.8 Å². The topological polar surface area (TPSA) is 73.8 Å². The molecule has 1 aromatic carbocycles. The molecule has 1 fully saturated rings. The first kappa shape index (κ1) is 27.0. The van der Waals surface area contributed by atoms with Gasteiger partial charge in [-0.2, -0.15) is 17.5 Å². The van der Waals surface area contributed by atoms with E-state index in [1.807, 2.05) is 13.8 Å². The summed E-state index contributed by atoms with van der Waals surface area (Å²) < 4.78 is 61.6. The molecular formula is C19H30F3IN4O2S. The fourth-order valence-electron chi connectivity index (χ4n) is 3.31. The molecule has 11 heteroatoms. The summed E-state index contributed by atoms with van der Waals surface area (Å²) in [5.74, 6) is 0.592. The third kappa shape index (κ3) is 7.26.